The summed E-state index contributed by atoms with van der Waals surface area (Å²) < 4.78 is 1.81. The highest BCUT2D eigenvalue weighted by atomic mass is 16.2. The van der Waals surface area contributed by atoms with Gasteiger partial charge in [0.1, 0.15) is 0 Å². The van der Waals surface area contributed by atoms with E-state index in [9.17, 15) is 4.79 Å². The maximum Gasteiger partial charge on any atom is 0.225 e. The van der Waals surface area contributed by atoms with Crippen molar-refractivity contribution < 1.29 is 4.79 Å². The summed E-state index contributed by atoms with van der Waals surface area (Å²) >= 11 is 0. The number of hydrogen-bond donors (Lipinski definition) is 2. The molecule has 1 saturated carbocycles. The first-order chi connectivity index (χ1) is 10.2. The second kappa shape index (κ2) is 6.60. The molecule has 2 aliphatic rings. The largest absolute Gasteiger partial charge is 0.353 e. The number of rotatable bonds is 3. The van der Waals surface area contributed by atoms with Gasteiger partial charge in [-0.15, -0.1) is 0 Å². The zero-order valence-corrected chi connectivity index (χ0v) is 12.8. The summed E-state index contributed by atoms with van der Waals surface area (Å²) in [6, 6.07) is 0.384. The molecule has 2 fully saturated rings. The van der Waals surface area contributed by atoms with Crippen LogP contribution in [0, 0.1) is 5.92 Å². The lowest BCUT2D eigenvalue weighted by molar-refractivity contribution is -0.125. The minimum atomic E-state index is 0.0393. The fourth-order valence-corrected chi connectivity index (χ4v) is 3.67. The van der Waals surface area contributed by atoms with Crippen molar-refractivity contribution in [3.63, 3.8) is 0 Å². The van der Waals surface area contributed by atoms with Crippen molar-refractivity contribution in [1.29, 1.82) is 0 Å². The highest BCUT2D eigenvalue weighted by Crippen LogP contribution is 2.28. The summed E-state index contributed by atoms with van der Waals surface area (Å²) in [7, 11) is 1.92. The van der Waals surface area contributed by atoms with Crippen molar-refractivity contribution in [3.8, 4) is 0 Å². The number of hydrogen-bond acceptors (Lipinski definition) is 3. The Morgan fingerprint density at radius 1 is 1.29 bits per heavy atom. The molecular weight excluding hydrogens is 264 g/mol. The molecule has 1 aromatic heterocycles. The second-order valence-corrected chi connectivity index (χ2v) is 6.52. The maximum atomic E-state index is 12.6. The van der Waals surface area contributed by atoms with Gasteiger partial charge in [0.25, 0.3) is 0 Å². The standard InChI is InChI=1S/C16H26N4O/c1-20-11-12(8-18-20)14-9-17-10-15(14)16(21)19-13-6-4-2-3-5-7-13/h8,11,13-15,17H,2-7,9-10H2,1H3,(H,19,21)/t14-,15+/m1/s1. The van der Waals surface area contributed by atoms with Crippen LogP contribution in [0.25, 0.3) is 0 Å². The van der Waals surface area contributed by atoms with E-state index in [1.165, 1.54) is 31.2 Å². The predicted molar refractivity (Wildman–Crippen MR) is 81.9 cm³/mol. The van der Waals surface area contributed by atoms with Gasteiger partial charge in [0, 0.05) is 38.3 Å². The molecule has 21 heavy (non-hydrogen) atoms. The summed E-state index contributed by atoms with van der Waals surface area (Å²) in [5.74, 6) is 0.516. The van der Waals surface area contributed by atoms with Gasteiger partial charge in [-0.05, 0) is 18.4 Å². The molecule has 3 rings (SSSR count). The van der Waals surface area contributed by atoms with Crippen LogP contribution in [-0.4, -0.2) is 34.8 Å². The van der Waals surface area contributed by atoms with Gasteiger partial charge in [-0.2, -0.15) is 5.10 Å². The third-order valence-corrected chi connectivity index (χ3v) is 4.91. The average molecular weight is 290 g/mol. The van der Waals surface area contributed by atoms with Crippen molar-refractivity contribution in [1.82, 2.24) is 20.4 Å². The number of aromatic nitrogens is 2. The summed E-state index contributed by atoms with van der Waals surface area (Å²) in [4.78, 5) is 12.6. The Labute approximate surface area is 126 Å². The van der Waals surface area contributed by atoms with Gasteiger partial charge < -0.3 is 10.6 Å². The Kier molecular flexibility index (Phi) is 4.58. The molecule has 2 N–H and O–H groups in total. The lowest BCUT2D eigenvalue weighted by Gasteiger charge is -2.22. The fourth-order valence-electron chi connectivity index (χ4n) is 3.67. The van der Waals surface area contributed by atoms with E-state index < -0.39 is 0 Å². The van der Waals surface area contributed by atoms with Crippen molar-refractivity contribution >= 4 is 5.91 Å². The molecule has 0 aromatic carbocycles. The highest BCUT2D eigenvalue weighted by Gasteiger charge is 2.35. The highest BCUT2D eigenvalue weighted by molar-refractivity contribution is 5.80. The van der Waals surface area contributed by atoms with Gasteiger partial charge in [0.2, 0.25) is 5.91 Å². The van der Waals surface area contributed by atoms with Crippen molar-refractivity contribution in [2.45, 2.75) is 50.5 Å². The topological polar surface area (TPSA) is 59.0 Å². The smallest absolute Gasteiger partial charge is 0.225 e. The quantitative estimate of drug-likeness (QED) is 0.831. The minimum absolute atomic E-state index is 0.0393. The third-order valence-electron chi connectivity index (χ3n) is 4.91. The van der Waals surface area contributed by atoms with E-state index in [1.54, 1.807) is 0 Å². The molecule has 0 radical (unpaired) electrons. The van der Waals surface area contributed by atoms with Crippen LogP contribution in [0.2, 0.25) is 0 Å². The molecule has 1 aliphatic heterocycles. The van der Waals surface area contributed by atoms with Gasteiger partial charge in [-0.3, -0.25) is 9.48 Å². The molecule has 1 aromatic rings. The molecule has 5 nitrogen and oxygen atoms in total. The van der Waals surface area contributed by atoms with Crippen molar-refractivity contribution in [3.05, 3.63) is 18.0 Å². The Hall–Kier alpha value is -1.36. The van der Waals surface area contributed by atoms with Crippen LogP contribution in [0.15, 0.2) is 12.4 Å². The lowest BCUT2D eigenvalue weighted by atomic mass is 9.90. The van der Waals surface area contributed by atoms with E-state index in [4.69, 9.17) is 0 Å². The first-order valence-electron chi connectivity index (χ1n) is 8.23. The summed E-state index contributed by atoms with van der Waals surface area (Å²) in [6.07, 6.45) is 11.3. The Morgan fingerprint density at radius 3 is 2.71 bits per heavy atom. The Morgan fingerprint density at radius 2 is 2.05 bits per heavy atom. The molecule has 0 bridgehead atoms. The van der Waals surface area contributed by atoms with E-state index in [0.29, 0.717) is 6.04 Å². The normalized spacial score (nSPS) is 27.5. The molecule has 116 valence electrons. The molecule has 1 aliphatic carbocycles. The Bertz CT molecular complexity index is 476. The van der Waals surface area contributed by atoms with Crippen molar-refractivity contribution in [2.75, 3.05) is 13.1 Å². The van der Waals surface area contributed by atoms with E-state index in [2.05, 4.69) is 15.7 Å². The zero-order chi connectivity index (χ0) is 14.7. The Balaban J connectivity index is 1.62. The SMILES string of the molecule is Cn1cc([C@H]2CNC[C@@H]2C(=O)NC2CCCCCC2)cn1. The van der Waals surface area contributed by atoms with E-state index >= 15 is 0 Å². The molecule has 2 heterocycles. The number of carbonyl (C=O) groups is 1. The van der Waals surface area contributed by atoms with Crippen LogP contribution in [0.3, 0.4) is 0 Å². The van der Waals surface area contributed by atoms with Crippen LogP contribution in [0.1, 0.15) is 50.0 Å². The minimum Gasteiger partial charge on any atom is -0.353 e. The molecule has 1 amide bonds. The first-order valence-corrected chi connectivity index (χ1v) is 8.23. The predicted octanol–water partition coefficient (Wildman–Crippen LogP) is 1.56. The first kappa shape index (κ1) is 14.6. The number of nitrogens with one attached hydrogen (secondary N) is 2. The summed E-state index contributed by atoms with van der Waals surface area (Å²) in [6.45, 7) is 1.65. The molecule has 5 heteroatoms. The molecule has 2 atom stereocenters. The van der Waals surface area contributed by atoms with Crippen LogP contribution in [0.4, 0.5) is 0 Å². The van der Waals surface area contributed by atoms with Gasteiger partial charge in [0.05, 0.1) is 12.1 Å². The number of aryl methyl sites for hydroxylation is 1. The average Bonchev–Trinajstić information content (AvgIpc) is 3.03. The molecular formula is C16H26N4O. The van der Waals surface area contributed by atoms with E-state index in [0.717, 1.165) is 25.9 Å². The number of nitrogens with zero attached hydrogens (tertiary/aromatic N) is 2. The van der Waals surface area contributed by atoms with Gasteiger partial charge in [-0.1, -0.05) is 25.7 Å². The summed E-state index contributed by atoms with van der Waals surface area (Å²) in [5.41, 5.74) is 1.17. The zero-order valence-electron chi connectivity index (χ0n) is 12.8. The van der Waals surface area contributed by atoms with Gasteiger partial charge >= 0.3 is 0 Å². The van der Waals surface area contributed by atoms with Crippen LogP contribution >= 0.6 is 0 Å². The maximum absolute atomic E-state index is 12.6. The number of amides is 1. The molecule has 0 spiro atoms. The van der Waals surface area contributed by atoms with E-state index in [-0.39, 0.29) is 17.7 Å². The summed E-state index contributed by atoms with van der Waals surface area (Å²) in [5, 5.41) is 10.9. The molecule has 1 saturated heterocycles. The van der Waals surface area contributed by atoms with Crippen LogP contribution in [0.5, 0.6) is 0 Å². The van der Waals surface area contributed by atoms with Gasteiger partial charge in [-0.25, -0.2) is 0 Å². The number of carbonyl (C=O) groups excluding carboxylic acids is 1. The molecule has 0 unspecified atom stereocenters. The van der Waals surface area contributed by atoms with E-state index in [1.807, 2.05) is 24.1 Å². The second-order valence-electron chi connectivity index (χ2n) is 6.52. The van der Waals surface area contributed by atoms with Crippen molar-refractivity contribution in [2.24, 2.45) is 13.0 Å². The lowest BCUT2D eigenvalue weighted by Crippen LogP contribution is -2.40. The van der Waals surface area contributed by atoms with Crippen LogP contribution in [-0.2, 0) is 11.8 Å². The third kappa shape index (κ3) is 3.46. The van der Waals surface area contributed by atoms with Crippen LogP contribution < -0.4 is 10.6 Å². The monoisotopic (exact) mass is 290 g/mol. The van der Waals surface area contributed by atoms with Gasteiger partial charge in [0.15, 0.2) is 0 Å². The fraction of sp³-hybridized carbons (Fsp3) is 0.750.